The van der Waals surface area contributed by atoms with E-state index in [-0.39, 0.29) is 5.91 Å². The normalized spacial score (nSPS) is 14.2. The average molecular weight is 361 g/mol. The monoisotopic (exact) mass is 360 g/mol. The number of hydrogen-bond acceptors (Lipinski definition) is 4. The van der Waals surface area contributed by atoms with E-state index >= 15 is 0 Å². The lowest BCUT2D eigenvalue weighted by atomic mass is 10.3. The molecule has 1 aromatic heterocycles. The summed E-state index contributed by atoms with van der Waals surface area (Å²) in [5.41, 5.74) is 1.92. The molecule has 0 spiro atoms. The molecule has 22 heavy (non-hydrogen) atoms. The number of rotatable bonds is 3. The molecule has 0 aliphatic carbocycles. The number of aryl methyl sites for hydroxylation is 1. The van der Waals surface area contributed by atoms with Gasteiger partial charge in [0, 0.05) is 23.3 Å². The van der Waals surface area contributed by atoms with Crippen LogP contribution in [-0.2, 0) is 0 Å². The summed E-state index contributed by atoms with van der Waals surface area (Å²) in [6, 6.07) is 9.22. The van der Waals surface area contributed by atoms with E-state index in [1.807, 2.05) is 31.2 Å². The summed E-state index contributed by atoms with van der Waals surface area (Å²) in [6.45, 7) is 3.79. The molecule has 1 fully saturated rings. The first kappa shape index (κ1) is 15.0. The number of hydrogen-bond donors (Lipinski definition) is 1. The van der Waals surface area contributed by atoms with Gasteiger partial charge in [0.2, 0.25) is 5.95 Å². The van der Waals surface area contributed by atoms with Gasteiger partial charge in [-0.25, -0.2) is 9.97 Å². The quantitative estimate of drug-likeness (QED) is 0.911. The smallest absolute Gasteiger partial charge is 0.274 e. The van der Waals surface area contributed by atoms with E-state index in [9.17, 15) is 4.79 Å². The van der Waals surface area contributed by atoms with Crippen LogP contribution in [0.4, 0.5) is 11.6 Å². The van der Waals surface area contributed by atoms with Crippen LogP contribution in [0.2, 0.25) is 0 Å². The van der Waals surface area contributed by atoms with Gasteiger partial charge in [-0.15, -0.1) is 0 Å². The van der Waals surface area contributed by atoms with E-state index in [4.69, 9.17) is 0 Å². The van der Waals surface area contributed by atoms with Crippen LogP contribution >= 0.6 is 15.9 Å². The van der Waals surface area contributed by atoms with Crippen molar-refractivity contribution in [2.75, 3.05) is 23.3 Å². The maximum atomic E-state index is 12.4. The van der Waals surface area contributed by atoms with Crippen molar-refractivity contribution in [3.05, 3.63) is 46.2 Å². The Morgan fingerprint density at radius 1 is 1.23 bits per heavy atom. The molecule has 1 aliphatic rings. The van der Waals surface area contributed by atoms with E-state index in [2.05, 4.69) is 36.1 Å². The molecule has 0 saturated carbocycles. The van der Waals surface area contributed by atoms with Gasteiger partial charge in [0.15, 0.2) is 0 Å². The second-order valence-corrected chi connectivity index (χ2v) is 6.18. The fourth-order valence-corrected chi connectivity index (χ4v) is 2.86. The highest BCUT2D eigenvalue weighted by Crippen LogP contribution is 2.22. The third-order valence-electron chi connectivity index (χ3n) is 3.59. The van der Waals surface area contributed by atoms with E-state index in [0.29, 0.717) is 11.6 Å². The standard InChI is InChI=1S/C16H17BrN4O/c1-11-10-14(20-16(18-11)21-8-4-5-9-21)15(22)19-13-7-3-2-6-12(13)17/h2-3,6-7,10H,4-5,8-9H2,1H3,(H,19,22). The van der Waals surface area contributed by atoms with Gasteiger partial charge < -0.3 is 10.2 Å². The average Bonchev–Trinajstić information content (AvgIpc) is 3.03. The van der Waals surface area contributed by atoms with Crippen molar-refractivity contribution in [3.63, 3.8) is 0 Å². The highest BCUT2D eigenvalue weighted by Gasteiger charge is 2.18. The molecule has 5 nitrogen and oxygen atoms in total. The number of carbonyl (C=O) groups is 1. The summed E-state index contributed by atoms with van der Waals surface area (Å²) in [4.78, 5) is 23.4. The number of anilines is 2. The van der Waals surface area contributed by atoms with Crippen molar-refractivity contribution in [1.29, 1.82) is 0 Å². The minimum atomic E-state index is -0.224. The summed E-state index contributed by atoms with van der Waals surface area (Å²) in [5.74, 6) is 0.424. The first-order valence-electron chi connectivity index (χ1n) is 7.30. The van der Waals surface area contributed by atoms with Crippen LogP contribution < -0.4 is 10.2 Å². The molecule has 1 aromatic carbocycles. The third kappa shape index (κ3) is 3.27. The summed E-state index contributed by atoms with van der Waals surface area (Å²) in [5, 5.41) is 2.88. The number of aromatic nitrogens is 2. The van der Waals surface area contributed by atoms with Gasteiger partial charge in [-0.2, -0.15) is 0 Å². The van der Waals surface area contributed by atoms with Crippen LogP contribution in [0.25, 0.3) is 0 Å². The van der Waals surface area contributed by atoms with Gasteiger partial charge in [0.1, 0.15) is 5.69 Å². The maximum Gasteiger partial charge on any atom is 0.274 e. The maximum absolute atomic E-state index is 12.4. The molecule has 0 bridgehead atoms. The zero-order chi connectivity index (χ0) is 15.5. The predicted molar refractivity (Wildman–Crippen MR) is 90.3 cm³/mol. The Balaban J connectivity index is 1.84. The molecule has 3 rings (SSSR count). The second-order valence-electron chi connectivity index (χ2n) is 5.32. The van der Waals surface area contributed by atoms with Crippen LogP contribution in [0, 0.1) is 6.92 Å². The summed E-state index contributed by atoms with van der Waals surface area (Å²) in [6.07, 6.45) is 2.30. The number of benzene rings is 1. The SMILES string of the molecule is Cc1cc(C(=O)Nc2ccccc2Br)nc(N2CCCC2)n1. The zero-order valence-electron chi connectivity index (χ0n) is 12.3. The molecule has 0 atom stereocenters. The van der Waals surface area contributed by atoms with Crippen LogP contribution in [0.1, 0.15) is 29.0 Å². The molecule has 1 amide bonds. The van der Waals surface area contributed by atoms with Crippen molar-refractivity contribution < 1.29 is 4.79 Å². The number of nitrogens with one attached hydrogen (secondary N) is 1. The Bertz CT molecular complexity index is 698. The lowest BCUT2D eigenvalue weighted by Gasteiger charge is -2.16. The molecule has 2 heterocycles. The highest BCUT2D eigenvalue weighted by atomic mass is 79.9. The van der Waals surface area contributed by atoms with Gasteiger partial charge in [0.25, 0.3) is 5.91 Å². The van der Waals surface area contributed by atoms with Crippen molar-refractivity contribution >= 4 is 33.5 Å². The van der Waals surface area contributed by atoms with Crippen LogP contribution in [0.5, 0.6) is 0 Å². The van der Waals surface area contributed by atoms with Gasteiger partial charge in [-0.05, 0) is 53.9 Å². The first-order valence-corrected chi connectivity index (χ1v) is 8.09. The Morgan fingerprint density at radius 2 is 1.95 bits per heavy atom. The predicted octanol–water partition coefficient (Wildman–Crippen LogP) is 3.40. The largest absolute Gasteiger partial charge is 0.341 e. The van der Waals surface area contributed by atoms with E-state index in [0.717, 1.165) is 41.8 Å². The summed E-state index contributed by atoms with van der Waals surface area (Å²) < 4.78 is 0.842. The molecular formula is C16H17BrN4O. The molecule has 0 unspecified atom stereocenters. The highest BCUT2D eigenvalue weighted by molar-refractivity contribution is 9.10. The number of amides is 1. The molecule has 1 aliphatic heterocycles. The molecular weight excluding hydrogens is 344 g/mol. The molecule has 6 heteroatoms. The Morgan fingerprint density at radius 3 is 2.68 bits per heavy atom. The fourth-order valence-electron chi connectivity index (χ4n) is 2.48. The van der Waals surface area contributed by atoms with Gasteiger partial charge in [-0.1, -0.05) is 12.1 Å². The Labute approximate surface area is 137 Å². The van der Waals surface area contributed by atoms with Crippen molar-refractivity contribution in [1.82, 2.24) is 9.97 Å². The van der Waals surface area contributed by atoms with E-state index < -0.39 is 0 Å². The van der Waals surface area contributed by atoms with Crippen molar-refractivity contribution in [3.8, 4) is 0 Å². The van der Waals surface area contributed by atoms with Gasteiger partial charge in [0.05, 0.1) is 5.69 Å². The number of carbonyl (C=O) groups excluding carboxylic acids is 1. The Hall–Kier alpha value is -1.95. The lowest BCUT2D eigenvalue weighted by molar-refractivity contribution is 0.102. The number of halogens is 1. The zero-order valence-corrected chi connectivity index (χ0v) is 13.9. The van der Waals surface area contributed by atoms with Crippen LogP contribution in [0.3, 0.4) is 0 Å². The van der Waals surface area contributed by atoms with Crippen molar-refractivity contribution in [2.45, 2.75) is 19.8 Å². The van der Waals surface area contributed by atoms with Gasteiger partial charge >= 0.3 is 0 Å². The minimum absolute atomic E-state index is 0.224. The first-order chi connectivity index (χ1) is 10.6. The fraction of sp³-hybridized carbons (Fsp3) is 0.312. The lowest BCUT2D eigenvalue weighted by Crippen LogP contribution is -2.23. The molecule has 0 radical (unpaired) electrons. The van der Waals surface area contributed by atoms with Crippen LogP contribution in [0.15, 0.2) is 34.8 Å². The minimum Gasteiger partial charge on any atom is -0.341 e. The van der Waals surface area contributed by atoms with Crippen LogP contribution in [-0.4, -0.2) is 29.0 Å². The molecule has 114 valence electrons. The third-order valence-corrected chi connectivity index (χ3v) is 4.28. The van der Waals surface area contributed by atoms with Crippen molar-refractivity contribution in [2.24, 2.45) is 0 Å². The molecule has 1 N–H and O–H groups in total. The summed E-state index contributed by atoms with van der Waals surface area (Å²) in [7, 11) is 0. The van der Waals surface area contributed by atoms with E-state index in [1.54, 1.807) is 6.07 Å². The number of para-hydroxylation sites is 1. The van der Waals surface area contributed by atoms with Gasteiger partial charge in [-0.3, -0.25) is 4.79 Å². The number of nitrogens with zero attached hydrogens (tertiary/aromatic N) is 3. The molecule has 1 saturated heterocycles. The topological polar surface area (TPSA) is 58.1 Å². The summed E-state index contributed by atoms with van der Waals surface area (Å²) >= 11 is 3.42. The Kier molecular flexibility index (Phi) is 4.38. The molecule has 2 aromatic rings. The van der Waals surface area contributed by atoms with E-state index in [1.165, 1.54) is 0 Å². The second kappa shape index (κ2) is 6.44.